The van der Waals surface area contributed by atoms with E-state index in [-0.39, 0.29) is 11.5 Å². The van der Waals surface area contributed by atoms with E-state index in [0.29, 0.717) is 6.54 Å². The van der Waals surface area contributed by atoms with Crippen LogP contribution >= 0.6 is 0 Å². The molecule has 0 bridgehead atoms. The summed E-state index contributed by atoms with van der Waals surface area (Å²) >= 11 is 0. The van der Waals surface area contributed by atoms with Crippen LogP contribution in [0.2, 0.25) is 0 Å². The summed E-state index contributed by atoms with van der Waals surface area (Å²) in [7, 11) is 0. The maximum absolute atomic E-state index is 12.7. The summed E-state index contributed by atoms with van der Waals surface area (Å²) in [5.74, 6) is -1.34. The molecule has 1 heterocycles. The van der Waals surface area contributed by atoms with Gasteiger partial charge >= 0.3 is 5.97 Å². The van der Waals surface area contributed by atoms with Gasteiger partial charge in [-0.15, -0.1) is 0 Å². The zero-order valence-electron chi connectivity index (χ0n) is 9.22. The van der Waals surface area contributed by atoms with Gasteiger partial charge in [0.05, 0.1) is 6.54 Å². The van der Waals surface area contributed by atoms with E-state index in [1.54, 1.807) is 23.7 Å². The Hall–Kier alpha value is -2.17. The van der Waals surface area contributed by atoms with Crippen LogP contribution in [0.1, 0.15) is 21.7 Å². The van der Waals surface area contributed by atoms with E-state index in [4.69, 9.17) is 5.11 Å². The Morgan fingerprint density at radius 2 is 2.06 bits per heavy atom. The van der Waals surface area contributed by atoms with Gasteiger partial charge in [0.1, 0.15) is 5.82 Å². The fourth-order valence-electron chi connectivity index (χ4n) is 1.54. The molecule has 1 aromatic carbocycles. The second kappa shape index (κ2) is 4.37. The number of hydrogen-bond donors (Lipinski definition) is 1. The van der Waals surface area contributed by atoms with Crippen LogP contribution < -0.4 is 0 Å². The minimum atomic E-state index is -1.05. The molecule has 0 spiro atoms. The number of aryl methyl sites for hydroxylation is 1. The first kappa shape index (κ1) is 11.3. The molecule has 0 aliphatic heterocycles. The Bertz CT molecular complexity index is 546. The number of carboxylic acid groups (broad SMARTS) is 1. The fourth-order valence-corrected chi connectivity index (χ4v) is 1.54. The molecule has 5 heteroatoms. The summed E-state index contributed by atoms with van der Waals surface area (Å²) in [5, 5.41) is 12.8. The van der Waals surface area contributed by atoms with Crippen molar-refractivity contribution in [3.8, 4) is 0 Å². The maximum atomic E-state index is 12.7. The van der Waals surface area contributed by atoms with Gasteiger partial charge in [-0.05, 0) is 30.7 Å². The molecule has 1 N–H and O–H groups in total. The smallest absolute Gasteiger partial charge is 0.356 e. The molecular weight excluding hydrogens is 223 g/mol. The highest BCUT2D eigenvalue weighted by Crippen LogP contribution is 2.08. The predicted molar refractivity (Wildman–Crippen MR) is 59.4 cm³/mol. The van der Waals surface area contributed by atoms with Crippen molar-refractivity contribution >= 4 is 5.97 Å². The quantitative estimate of drug-likeness (QED) is 0.884. The molecule has 0 atom stereocenters. The van der Waals surface area contributed by atoms with Crippen molar-refractivity contribution < 1.29 is 14.3 Å². The fraction of sp³-hybridized carbons (Fsp3) is 0.167. The van der Waals surface area contributed by atoms with Crippen molar-refractivity contribution in [2.75, 3.05) is 0 Å². The third-order valence-electron chi connectivity index (χ3n) is 2.45. The summed E-state index contributed by atoms with van der Waals surface area (Å²) in [5.41, 5.74) is 1.64. The number of halogens is 1. The number of carbonyl (C=O) groups is 1. The van der Waals surface area contributed by atoms with Crippen molar-refractivity contribution in [1.29, 1.82) is 0 Å². The third-order valence-corrected chi connectivity index (χ3v) is 2.45. The summed E-state index contributed by atoms with van der Waals surface area (Å²) in [6, 6.07) is 7.54. The van der Waals surface area contributed by atoms with Gasteiger partial charge in [0.15, 0.2) is 5.69 Å². The van der Waals surface area contributed by atoms with E-state index >= 15 is 0 Å². The number of nitrogens with zero attached hydrogens (tertiary/aromatic N) is 2. The van der Waals surface area contributed by atoms with E-state index in [2.05, 4.69) is 5.10 Å². The third kappa shape index (κ3) is 2.50. The van der Waals surface area contributed by atoms with Gasteiger partial charge in [-0.2, -0.15) is 5.10 Å². The molecule has 0 aliphatic rings. The molecule has 2 aromatic rings. The lowest BCUT2D eigenvalue weighted by Crippen LogP contribution is -2.05. The van der Waals surface area contributed by atoms with E-state index < -0.39 is 5.97 Å². The van der Waals surface area contributed by atoms with Gasteiger partial charge < -0.3 is 5.11 Å². The average Bonchev–Trinajstić information content (AvgIpc) is 2.64. The number of benzene rings is 1. The molecule has 1 aromatic heterocycles. The van der Waals surface area contributed by atoms with Gasteiger partial charge in [-0.3, -0.25) is 4.68 Å². The molecule has 0 amide bonds. The van der Waals surface area contributed by atoms with Gasteiger partial charge in [0, 0.05) is 5.69 Å². The van der Waals surface area contributed by atoms with Crippen LogP contribution in [0.5, 0.6) is 0 Å². The second-order valence-corrected chi connectivity index (χ2v) is 3.76. The Balaban J connectivity index is 2.24. The summed E-state index contributed by atoms with van der Waals surface area (Å²) in [6.45, 7) is 2.21. The van der Waals surface area contributed by atoms with Crippen LogP contribution in [0.15, 0.2) is 30.3 Å². The first-order valence-corrected chi connectivity index (χ1v) is 5.08. The molecule has 17 heavy (non-hydrogen) atoms. The van der Waals surface area contributed by atoms with Crippen LogP contribution in [0.4, 0.5) is 4.39 Å². The standard InChI is InChI=1S/C12H11FN2O2/c1-8-6-11(12(16)17)14-15(8)7-9-2-4-10(13)5-3-9/h2-6H,7H2,1H3,(H,16,17). The highest BCUT2D eigenvalue weighted by Gasteiger charge is 2.10. The van der Waals surface area contributed by atoms with Crippen molar-refractivity contribution in [2.45, 2.75) is 13.5 Å². The first-order chi connectivity index (χ1) is 8.06. The molecular formula is C12H11FN2O2. The minimum Gasteiger partial charge on any atom is -0.476 e. The average molecular weight is 234 g/mol. The summed E-state index contributed by atoms with van der Waals surface area (Å²) < 4.78 is 14.3. The SMILES string of the molecule is Cc1cc(C(=O)O)nn1Cc1ccc(F)cc1. The van der Waals surface area contributed by atoms with Crippen molar-refractivity contribution in [1.82, 2.24) is 9.78 Å². The molecule has 4 nitrogen and oxygen atoms in total. The van der Waals surface area contributed by atoms with Crippen LogP contribution in [0.3, 0.4) is 0 Å². The van der Waals surface area contributed by atoms with Crippen LogP contribution in [0, 0.1) is 12.7 Å². The van der Waals surface area contributed by atoms with Gasteiger partial charge in [-0.25, -0.2) is 9.18 Å². The van der Waals surface area contributed by atoms with E-state index in [1.807, 2.05) is 0 Å². The zero-order chi connectivity index (χ0) is 12.4. The second-order valence-electron chi connectivity index (χ2n) is 3.76. The first-order valence-electron chi connectivity index (χ1n) is 5.08. The molecule has 0 saturated heterocycles. The Morgan fingerprint density at radius 1 is 1.41 bits per heavy atom. The maximum Gasteiger partial charge on any atom is 0.356 e. The zero-order valence-corrected chi connectivity index (χ0v) is 9.22. The van der Waals surface area contributed by atoms with Crippen LogP contribution in [0.25, 0.3) is 0 Å². The lowest BCUT2D eigenvalue weighted by molar-refractivity contribution is 0.0689. The molecule has 0 fully saturated rings. The highest BCUT2D eigenvalue weighted by molar-refractivity contribution is 5.85. The van der Waals surface area contributed by atoms with E-state index in [0.717, 1.165) is 11.3 Å². The highest BCUT2D eigenvalue weighted by atomic mass is 19.1. The van der Waals surface area contributed by atoms with Gasteiger partial charge in [-0.1, -0.05) is 12.1 Å². The summed E-state index contributed by atoms with van der Waals surface area (Å²) in [4.78, 5) is 10.7. The lowest BCUT2D eigenvalue weighted by Gasteiger charge is -2.04. The van der Waals surface area contributed by atoms with Gasteiger partial charge in [0.2, 0.25) is 0 Å². The monoisotopic (exact) mass is 234 g/mol. The molecule has 0 aliphatic carbocycles. The molecule has 88 valence electrons. The molecule has 2 rings (SSSR count). The van der Waals surface area contributed by atoms with Crippen LogP contribution in [-0.4, -0.2) is 20.9 Å². The number of aromatic carboxylic acids is 1. The van der Waals surface area contributed by atoms with Crippen LogP contribution in [-0.2, 0) is 6.54 Å². The van der Waals surface area contributed by atoms with E-state index in [9.17, 15) is 9.18 Å². The molecule has 0 radical (unpaired) electrons. The number of aromatic nitrogens is 2. The number of carboxylic acids is 1. The Labute approximate surface area is 97.3 Å². The Morgan fingerprint density at radius 3 is 2.59 bits per heavy atom. The van der Waals surface area contributed by atoms with E-state index in [1.165, 1.54) is 18.2 Å². The number of rotatable bonds is 3. The molecule has 0 unspecified atom stereocenters. The van der Waals surface area contributed by atoms with Crippen molar-refractivity contribution in [3.05, 3.63) is 53.1 Å². The minimum absolute atomic E-state index is 0.0182. The lowest BCUT2D eigenvalue weighted by atomic mass is 10.2. The Kier molecular flexibility index (Phi) is 2.91. The van der Waals surface area contributed by atoms with Gasteiger partial charge in [0.25, 0.3) is 0 Å². The van der Waals surface area contributed by atoms with Crippen molar-refractivity contribution in [3.63, 3.8) is 0 Å². The summed E-state index contributed by atoms with van der Waals surface area (Å²) in [6.07, 6.45) is 0. The predicted octanol–water partition coefficient (Wildman–Crippen LogP) is 2.08. The topological polar surface area (TPSA) is 55.1 Å². The molecule has 0 saturated carbocycles. The van der Waals surface area contributed by atoms with Crippen molar-refractivity contribution in [2.24, 2.45) is 0 Å². The number of hydrogen-bond acceptors (Lipinski definition) is 2. The largest absolute Gasteiger partial charge is 0.476 e. The normalized spacial score (nSPS) is 10.5.